The first-order valence-electron chi connectivity index (χ1n) is 6.84. The first kappa shape index (κ1) is 17.1. The maximum Gasteiger partial charge on any atom is 0.243 e. The molecule has 0 unspecified atom stereocenters. The Kier molecular flexibility index (Phi) is 6.61. The molecule has 0 saturated carbocycles. The second-order valence-corrected chi connectivity index (χ2v) is 6.40. The van der Waals surface area contributed by atoms with E-state index in [2.05, 4.69) is 0 Å². The minimum atomic E-state index is -3.50. The molecule has 0 saturated heterocycles. The van der Waals surface area contributed by atoms with Crippen LogP contribution in [0.3, 0.4) is 0 Å². The normalized spacial score (nSPS) is 12.1. The zero-order chi connectivity index (χ0) is 15.2. The van der Waals surface area contributed by atoms with Crippen molar-refractivity contribution in [1.29, 1.82) is 0 Å². The van der Waals surface area contributed by atoms with Gasteiger partial charge in [-0.3, -0.25) is 0 Å². The van der Waals surface area contributed by atoms with E-state index in [9.17, 15) is 8.42 Å². The Balaban J connectivity index is 3.07. The first-order chi connectivity index (χ1) is 9.47. The lowest BCUT2D eigenvalue weighted by atomic mass is 10.1. The van der Waals surface area contributed by atoms with E-state index in [-0.39, 0.29) is 0 Å². The van der Waals surface area contributed by atoms with Gasteiger partial charge in [0.15, 0.2) is 0 Å². The van der Waals surface area contributed by atoms with Gasteiger partial charge in [0.25, 0.3) is 0 Å². The molecule has 6 heteroatoms. The van der Waals surface area contributed by atoms with Gasteiger partial charge in [-0.2, -0.15) is 4.31 Å². The van der Waals surface area contributed by atoms with E-state index in [4.69, 9.17) is 10.5 Å². The van der Waals surface area contributed by atoms with Crippen LogP contribution >= 0.6 is 0 Å². The smallest absolute Gasteiger partial charge is 0.243 e. The molecule has 0 aromatic heterocycles. The molecule has 0 aliphatic rings. The molecule has 0 aliphatic heterocycles. The second-order valence-electron chi connectivity index (χ2n) is 4.50. The lowest BCUT2D eigenvalue weighted by Crippen LogP contribution is -2.34. The third-order valence-corrected chi connectivity index (χ3v) is 5.26. The van der Waals surface area contributed by atoms with Crippen LogP contribution in [0.2, 0.25) is 0 Å². The Morgan fingerprint density at radius 2 is 2.00 bits per heavy atom. The number of likely N-dealkylation sites (N-methyl/N-ethyl adjacent to an activating group) is 1. The number of rotatable bonds is 8. The van der Waals surface area contributed by atoms with E-state index in [1.165, 1.54) is 4.31 Å². The van der Waals surface area contributed by atoms with E-state index < -0.39 is 10.0 Å². The summed E-state index contributed by atoms with van der Waals surface area (Å²) in [6, 6.07) is 5.31. The number of sulfonamides is 1. The molecular weight excluding hydrogens is 276 g/mol. The van der Waals surface area contributed by atoms with Gasteiger partial charge < -0.3 is 10.5 Å². The van der Waals surface area contributed by atoms with Gasteiger partial charge in [-0.15, -0.1) is 0 Å². The summed E-state index contributed by atoms with van der Waals surface area (Å²) in [5.41, 5.74) is 7.14. The lowest BCUT2D eigenvalue weighted by molar-refractivity contribution is 0.135. The third kappa shape index (κ3) is 4.02. The quantitative estimate of drug-likeness (QED) is 0.738. The molecule has 5 nitrogen and oxygen atoms in total. The largest absolute Gasteiger partial charge is 0.380 e. The highest BCUT2D eigenvalue weighted by Crippen LogP contribution is 2.21. The summed E-state index contributed by atoms with van der Waals surface area (Å²) >= 11 is 0. The summed E-state index contributed by atoms with van der Waals surface area (Å²) < 4.78 is 32.0. The Morgan fingerprint density at radius 3 is 2.55 bits per heavy atom. The molecule has 0 atom stereocenters. The number of nitrogens with two attached hydrogens (primary N) is 1. The van der Waals surface area contributed by atoms with Gasteiger partial charge in [-0.25, -0.2) is 8.42 Å². The molecule has 0 radical (unpaired) electrons. The van der Waals surface area contributed by atoms with Crippen molar-refractivity contribution in [2.75, 3.05) is 26.3 Å². The Hall–Kier alpha value is -0.950. The summed E-state index contributed by atoms with van der Waals surface area (Å²) in [5.74, 6) is 0. The van der Waals surface area contributed by atoms with Crippen molar-refractivity contribution in [3.63, 3.8) is 0 Å². The number of hydrogen-bond donors (Lipinski definition) is 1. The van der Waals surface area contributed by atoms with Gasteiger partial charge >= 0.3 is 0 Å². The predicted octanol–water partition coefficient (Wildman–Crippen LogP) is 1.50. The van der Waals surface area contributed by atoms with Crippen LogP contribution in [-0.2, 0) is 21.3 Å². The van der Waals surface area contributed by atoms with Gasteiger partial charge in [0.05, 0.1) is 11.5 Å². The molecule has 1 rings (SSSR count). The van der Waals surface area contributed by atoms with Gasteiger partial charge in [-0.05, 0) is 31.0 Å². The van der Waals surface area contributed by atoms with Crippen molar-refractivity contribution in [2.24, 2.45) is 5.73 Å². The second kappa shape index (κ2) is 7.73. The lowest BCUT2D eigenvalue weighted by Gasteiger charge is -2.21. The molecule has 0 fully saturated rings. The zero-order valence-corrected chi connectivity index (χ0v) is 13.2. The number of hydrogen-bond acceptors (Lipinski definition) is 4. The summed E-state index contributed by atoms with van der Waals surface area (Å²) in [7, 11) is -3.50. The molecule has 0 amide bonds. The van der Waals surface area contributed by atoms with Crippen LogP contribution in [0.1, 0.15) is 25.0 Å². The number of ether oxygens (including phenoxy) is 1. The van der Waals surface area contributed by atoms with E-state index in [1.54, 1.807) is 19.1 Å². The topological polar surface area (TPSA) is 72.6 Å². The monoisotopic (exact) mass is 300 g/mol. The fourth-order valence-electron chi connectivity index (χ4n) is 1.95. The van der Waals surface area contributed by atoms with Crippen molar-refractivity contribution >= 4 is 10.0 Å². The Labute approximate surface area is 121 Å². The van der Waals surface area contributed by atoms with Crippen molar-refractivity contribution in [2.45, 2.75) is 32.2 Å². The van der Waals surface area contributed by atoms with Crippen LogP contribution in [0.15, 0.2) is 23.1 Å². The van der Waals surface area contributed by atoms with Crippen molar-refractivity contribution in [1.82, 2.24) is 4.31 Å². The zero-order valence-electron chi connectivity index (χ0n) is 12.4. The van der Waals surface area contributed by atoms with Crippen molar-refractivity contribution in [3.05, 3.63) is 29.3 Å². The van der Waals surface area contributed by atoms with Gasteiger partial charge in [0.2, 0.25) is 10.0 Å². The van der Waals surface area contributed by atoms with Crippen LogP contribution in [0, 0.1) is 6.92 Å². The molecule has 1 aromatic carbocycles. The highest BCUT2D eigenvalue weighted by Gasteiger charge is 2.24. The number of benzene rings is 1. The van der Waals surface area contributed by atoms with Gasteiger partial charge in [0, 0.05) is 26.2 Å². The SMILES string of the molecule is CCOCCN(CC)S(=O)(=O)c1cc(CN)ccc1C. The number of nitrogens with zero attached hydrogens (tertiary/aromatic N) is 1. The standard InChI is InChI=1S/C14H24N2O3S/c1-4-16(8-9-19-5-2)20(17,18)14-10-13(11-15)7-6-12(14)3/h6-7,10H,4-5,8-9,11,15H2,1-3H3. The summed E-state index contributed by atoms with van der Waals surface area (Å²) in [4.78, 5) is 0.332. The van der Waals surface area contributed by atoms with Crippen LogP contribution in [0.25, 0.3) is 0 Å². The Morgan fingerprint density at radius 1 is 1.30 bits per heavy atom. The molecular formula is C14H24N2O3S. The van der Waals surface area contributed by atoms with Crippen LogP contribution in [0.5, 0.6) is 0 Å². The Bertz CT molecular complexity index is 529. The minimum Gasteiger partial charge on any atom is -0.380 e. The molecule has 114 valence electrons. The average molecular weight is 300 g/mol. The molecule has 0 bridgehead atoms. The molecule has 20 heavy (non-hydrogen) atoms. The van der Waals surface area contributed by atoms with E-state index in [1.807, 2.05) is 19.9 Å². The highest BCUT2D eigenvalue weighted by molar-refractivity contribution is 7.89. The summed E-state index contributed by atoms with van der Waals surface area (Å²) in [6.45, 7) is 7.60. The van der Waals surface area contributed by atoms with Crippen LogP contribution < -0.4 is 5.73 Å². The van der Waals surface area contributed by atoms with Crippen molar-refractivity contribution < 1.29 is 13.2 Å². The van der Waals surface area contributed by atoms with Crippen LogP contribution in [0.4, 0.5) is 0 Å². The molecule has 0 heterocycles. The fraction of sp³-hybridized carbons (Fsp3) is 0.571. The average Bonchev–Trinajstić information content (AvgIpc) is 2.43. The maximum absolute atomic E-state index is 12.7. The number of aryl methyl sites for hydroxylation is 1. The molecule has 2 N–H and O–H groups in total. The predicted molar refractivity (Wildman–Crippen MR) is 80.0 cm³/mol. The fourth-order valence-corrected chi connectivity index (χ4v) is 3.66. The van der Waals surface area contributed by atoms with E-state index >= 15 is 0 Å². The van der Waals surface area contributed by atoms with E-state index in [0.29, 0.717) is 37.7 Å². The molecule has 0 aliphatic carbocycles. The molecule has 1 aromatic rings. The van der Waals surface area contributed by atoms with Gasteiger partial charge in [0.1, 0.15) is 0 Å². The van der Waals surface area contributed by atoms with Crippen LogP contribution in [-0.4, -0.2) is 39.0 Å². The van der Waals surface area contributed by atoms with Crippen molar-refractivity contribution in [3.8, 4) is 0 Å². The van der Waals surface area contributed by atoms with E-state index in [0.717, 1.165) is 11.1 Å². The first-order valence-corrected chi connectivity index (χ1v) is 8.28. The highest BCUT2D eigenvalue weighted by atomic mass is 32.2. The molecule has 0 spiro atoms. The minimum absolute atomic E-state index is 0.327. The van der Waals surface area contributed by atoms with Gasteiger partial charge in [-0.1, -0.05) is 19.1 Å². The maximum atomic E-state index is 12.7. The third-order valence-electron chi connectivity index (χ3n) is 3.15. The summed E-state index contributed by atoms with van der Waals surface area (Å²) in [5, 5.41) is 0. The summed E-state index contributed by atoms with van der Waals surface area (Å²) in [6.07, 6.45) is 0.